The van der Waals surface area contributed by atoms with E-state index >= 15 is 0 Å². The average Bonchev–Trinajstić information content (AvgIpc) is 3.05. The molecule has 9 heteroatoms. The van der Waals surface area contributed by atoms with Crippen LogP contribution in [0.15, 0.2) is 12.1 Å². The number of carbonyl (C=O) groups is 1. The number of amides is 1. The van der Waals surface area contributed by atoms with Gasteiger partial charge in [-0.05, 0) is 26.3 Å². The van der Waals surface area contributed by atoms with Crippen LogP contribution in [0.4, 0.5) is 5.69 Å². The Balaban J connectivity index is 0.00000288. The van der Waals surface area contributed by atoms with Gasteiger partial charge in [0.15, 0.2) is 11.5 Å². The lowest BCUT2D eigenvalue weighted by atomic mass is 10.1. The number of hydrogen-bond acceptors (Lipinski definition) is 6. The molecule has 1 fully saturated rings. The molecule has 0 saturated carbocycles. The fraction of sp³-hybridized carbons (Fsp3) is 0.533. The molecule has 1 aromatic rings. The molecule has 1 atom stereocenters. The summed E-state index contributed by atoms with van der Waals surface area (Å²) in [5, 5.41) is 17.2. The minimum Gasteiger partial charge on any atom is -0.493 e. The van der Waals surface area contributed by atoms with Gasteiger partial charge < -0.3 is 20.1 Å². The third kappa shape index (κ3) is 4.72. The van der Waals surface area contributed by atoms with E-state index < -0.39 is 10.8 Å². The minimum atomic E-state index is -0.596. The number of nitrogens with zero attached hydrogens (tertiary/aromatic N) is 1. The number of rotatable bonds is 7. The van der Waals surface area contributed by atoms with Crippen molar-refractivity contribution in [2.24, 2.45) is 0 Å². The molecule has 1 amide bonds. The fourth-order valence-electron chi connectivity index (χ4n) is 2.55. The Labute approximate surface area is 146 Å². The number of ether oxygens (including phenoxy) is 2. The van der Waals surface area contributed by atoms with Crippen LogP contribution in [0.2, 0.25) is 0 Å². The number of methoxy groups -OCH3 is 1. The molecule has 2 rings (SSSR count). The van der Waals surface area contributed by atoms with Gasteiger partial charge in [-0.2, -0.15) is 0 Å². The van der Waals surface area contributed by atoms with Crippen LogP contribution in [0.5, 0.6) is 11.5 Å². The number of carbonyl (C=O) groups excluding carboxylic acids is 1. The maximum Gasteiger partial charge on any atom is 0.286 e. The maximum atomic E-state index is 12.3. The maximum absolute atomic E-state index is 12.3. The van der Waals surface area contributed by atoms with E-state index in [0.717, 1.165) is 19.4 Å². The van der Waals surface area contributed by atoms with E-state index in [1.165, 1.54) is 19.2 Å². The van der Waals surface area contributed by atoms with Crippen molar-refractivity contribution >= 4 is 24.0 Å². The zero-order chi connectivity index (χ0) is 16.8. The van der Waals surface area contributed by atoms with Crippen molar-refractivity contribution in [1.29, 1.82) is 0 Å². The molecule has 8 nitrogen and oxygen atoms in total. The molecule has 0 aromatic heterocycles. The van der Waals surface area contributed by atoms with Crippen LogP contribution in [-0.4, -0.2) is 43.7 Å². The van der Waals surface area contributed by atoms with Crippen LogP contribution >= 0.6 is 12.4 Å². The highest BCUT2D eigenvalue weighted by molar-refractivity contribution is 5.99. The van der Waals surface area contributed by atoms with Gasteiger partial charge in [-0.25, -0.2) is 0 Å². The molecule has 1 unspecified atom stereocenters. The monoisotopic (exact) mass is 359 g/mol. The summed E-state index contributed by atoms with van der Waals surface area (Å²) in [5.41, 5.74) is -0.334. The topological polar surface area (TPSA) is 103 Å². The van der Waals surface area contributed by atoms with Gasteiger partial charge >= 0.3 is 0 Å². The summed E-state index contributed by atoms with van der Waals surface area (Å²) in [6.07, 6.45) is 2.05. The van der Waals surface area contributed by atoms with Crippen LogP contribution in [0.1, 0.15) is 30.1 Å². The lowest BCUT2D eigenvalue weighted by Gasteiger charge is -2.14. The lowest BCUT2D eigenvalue weighted by molar-refractivity contribution is -0.385. The summed E-state index contributed by atoms with van der Waals surface area (Å²) in [4.78, 5) is 23.0. The molecule has 1 aromatic carbocycles. The number of halogens is 1. The lowest BCUT2D eigenvalue weighted by Crippen LogP contribution is -2.37. The second kappa shape index (κ2) is 9.29. The molecule has 1 aliphatic heterocycles. The molecular weight excluding hydrogens is 338 g/mol. The molecule has 134 valence electrons. The molecular formula is C15H22ClN3O5. The zero-order valence-electron chi connectivity index (χ0n) is 13.7. The highest BCUT2D eigenvalue weighted by Crippen LogP contribution is 2.34. The molecule has 1 aliphatic rings. The van der Waals surface area contributed by atoms with Crippen LogP contribution in [0.3, 0.4) is 0 Å². The van der Waals surface area contributed by atoms with Crippen molar-refractivity contribution in [1.82, 2.24) is 10.6 Å². The number of nitro groups is 1. The molecule has 0 spiro atoms. The first-order chi connectivity index (χ1) is 11.1. The van der Waals surface area contributed by atoms with E-state index in [-0.39, 0.29) is 35.4 Å². The quantitative estimate of drug-likeness (QED) is 0.569. The predicted octanol–water partition coefficient (Wildman–Crippen LogP) is 1.91. The molecule has 2 N–H and O–H groups in total. The van der Waals surface area contributed by atoms with Gasteiger partial charge in [-0.3, -0.25) is 14.9 Å². The molecule has 1 saturated heterocycles. The van der Waals surface area contributed by atoms with Gasteiger partial charge in [0.2, 0.25) is 0 Å². The van der Waals surface area contributed by atoms with Crippen molar-refractivity contribution < 1.29 is 19.2 Å². The van der Waals surface area contributed by atoms with Crippen LogP contribution in [0.25, 0.3) is 0 Å². The molecule has 0 bridgehead atoms. The first-order valence-electron chi connectivity index (χ1n) is 7.57. The highest BCUT2D eigenvalue weighted by Gasteiger charge is 2.25. The average molecular weight is 360 g/mol. The van der Waals surface area contributed by atoms with Gasteiger partial charge in [0.1, 0.15) is 5.56 Å². The van der Waals surface area contributed by atoms with Crippen molar-refractivity contribution in [2.75, 3.05) is 26.8 Å². The number of nitro benzene ring substituents is 1. The van der Waals surface area contributed by atoms with Gasteiger partial charge in [0.05, 0.1) is 24.7 Å². The van der Waals surface area contributed by atoms with Crippen LogP contribution < -0.4 is 20.1 Å². The minimum absolute atomic E-state index is 0. The molecule has 0 aliphatic carbocycles. The van der Waals surface area contributed by atoms with Crippen molar-refractivity contribution in [3.8, 4) is 11.5 Å². The third-order valence-corrected chi connectivity index (χ3v) is 3.69. The molecule has 24 heavy (non-hydrogen) atoms. The Hall–Kier alpha value is -2.06. The van der Waals surface area contributed by atoms with E-state index in [4.69, 9.17) is 9.47 Å². The zero-order valence-corrected chi connectivity index (χ0v) is 14.5. The first-order valence-corrected chi connectivity index (χ1v) is 7.57. The number of nitrogens with one attached hydrogen (secondary N) is 2. The summed E-state index contributed by atoms with van der Waals surface area (Å²) in [5.74, 6) is 0.0475. The molecule has 1 heterocycles. The summed E-state index contributed by atoms with van der Waals surface area (Å²) >= 11 is 0. The van der Waals surface area contributed by atoms with Gasteiger partial charge in [-0.1, -0.05) is 0 Å². The molecule has 0 radical (unpaired) electrons. The van der Waals surface area contributed by atoms with E-state index in [0.29, 0.717) is 18.9 Å². The number of benzene rings is 1. The Morgan fingerprint density at radius 3 is 2.75 bits per heavy atom. The van der Waals surface area contributed by atoms with Gasteiger partial charge in [0.25, 0.3) is 11.6 Å². The summed E-state index contributed by atoms with van der Waals surface area (Å²) in [7, 11) is 1.40. The van der Waals surface area contributed by atoms with Gasteiger partial charge in [-0.15, -0.1) is 12.4 Å². The van der Waals surface area contributed by atoms with E-state index in [2.05, 4.69) is 10.6 Å². The Bertz CT molecular complexity index is 591. The van der Waals surface area contributed by atoms with Crippen molar-refractivity contribution in [2.45, 2.75) is 25.8 Å². The first kappa shape index (κ1) is 20.0. The summed E-state index contributed by atoms with van der Waals surface area (Å²) < 4.78 is 10.5. The standard InChI is InChI=1S/C15H21N3O5.ClH/c1-3-23-14-7-11(12(18(20)21)8-13(14)22-2)15(19)17-9-10-5-4-6-16-10;/h7-8,10,16H,3-6,9H2,1-2H3,(H,17,19);1H. The third-order valence-electron chi connectivity index (χ3n) is 3.69. The Kier molecular flexibility index (Phi) is 7.73. The second-order valence-electron chi connectivity index (χ2n) is 5.21. The second-order valence-corrected chi connectivity index (χ2v) is 5.21. The van der Waals surface area contributed by atoms with Crippen LogP contribution in [-0.2, 0) is 0 Å². The normalized spacial score (nSPS) is 16.2. The highest BCUT2D eigenvalue weighted by atomic mass is 35.5. The van der Waals surface area contributed by atoms with Crippen molar-refractivity contribution in [3.05, 3.63) is 27.8 Å². The Morgan fingerprint density at radius 1 is 1.46 bits per heavy atom. The van der Waals surface area contributed by atoms with Crippen molar-refractivity contribution in [3.63, 3.8) is 0 Å². The number of hydrogen-bond donors (Lipinski definition) is 2. The van der Waals surface area contributed by atoms with Crippen LogP contribution in [0, 0.1) is 10.1 Å². The van der Waals surface area contributed by atoms with Gasteiger partial charge in [0, 0.05) is 18.7 Å². The smallest absolute Gasteiger partial charge is 0.286 e. The fourth-order valence-corrected chi connectivity index (χ4v) is 2.55. The SMILES string of the molecule is CCOc1cc(C(=O)NCC2CCCN2)c([N+](=O)[O-])cc1OC.Cl. The van der Waals surface area contributed by atoms with E-state index in [1.807, 2.05) is 0 Å². The largest absolute Gasteiger partial charge is 0.493 e. The summed E-state index contributed by atoms with van der Waals surface area (Å²) in [6, 6.07) is 2.79. The van der Waals surface area contributed by atoms with E-state index in [9.17, 15) is 14.9 Å². The predicted molar refractivity (Wildman–Crippen MR) is 91.4 cm³/mol. The Morgan fingerprint density at radius 2 is 2.21 bits per heavy atom. The summed E-state index contributed by atoms with van der Waals surface area (Å²) in [6.45, 7) is 3.51. The van der Waals surface area contributed by atoms with E-state index in [1.54, 1.807) is 6.92 Å².